The number of aromatic carboxylic acids is 1. The predicted molar refractivity (Wildman–Crippen MR) is 66.9 cm³/mol. The molecular formula is C11H16N2O4S. The van der Waals surface area contributed by atoms with E-state index < -0.39 is 16.0 Å². The van der Waals surface area contributed by atoms with E-state index in [1.54, 1.807) is 34.0 Å². The van der Waals surface area contributed by atoms with Crippen LogP contribution in [0.3, 0.4) is 0 Å². The number of nitrogens with zero attached hydrogens (tertiary/aromatic N) is 1. The van der Waals surface area contributed by atoms with Gasteiger partial charge in [0.2, 0.25) is 0 Å². The van der Waals surface area contributed by atoms with Crippen molar-refractivity contribution in [3.63, 3.8) is 0 Å². The van der Waals surface area contributed by atoms with Gasteiger partial charge in [0.15, 0.2) is 0 Å². The second-order valence-corrected chi connectivity index (χ2v) is 5.86. The fourth-order valence-corrected chi connectivity index (χ4v) is 2.98. The van der Waals surface area contributed by atoms with Crippen LogP contribution in [-0.4, -0.2) is 38.6 Å². The summed E-state index contributed by atoms with van der Waals surface area (Å²) in [4.78, 5) is 13.3. The number of rotatable bonds is 4. The molecule has 0 aliphatic heterocycles. The summed E-state index contributed by atoms with van der Waals surface area (Å²) in [6, 6.07) is 2.73. The van der Waals surface area contributed by atoms with Gasteiger partial charge >= 0.3 is 5.97 Å². The number of nitrogens with one attached hydrogen (secondary N) is 1. The lowest BCUT2D eigenvalue weighted by molar-refractivity contribution is 0.0696. The van der Waals surface area contributed by atoms with E-state index in [0.29, 0.717) is 11.1 Å². The van der Waals surface area contributed by atoms with Crippen molar-refractivity contribution in [3.8, 4) is 0 Å². The molecule has 0 atom stereocenters. The standard InChI is InChI=1S/C11H16N2O4S/c1-7-5-8(2)10(6-9(7)11(14)15)18(16,17)12-13(3)4/h5-6,12H,1-4H3,(H,14,15). The number of carboxylic acid groups (broad SMARTS) is 1. The summed E-state index contributed by atoms with van der Waals surface area (Å²) in [5.74, 6) is -1.14. The lowest BCUT2D eigenvalue weighted by Gasteiger charge is -2.15. The number of hydrogen-bond donors (Lipinski definition) is 2. The molecule has 0 aromatic heterocycles. The van der Waals surface area contributed by atoms with Gasteiger partial charge in [-0.05, 0) is 31.0 Å². The number of hydrogen-bond acceptors (Lipinski definition) is 4. The smallest absolute Gasteiger partial charge is 0.335 e. The van der Waals surface area contributed by atoms with Gasteiger partial charge in [0.1, 0.15) is 0 Å². The molecule has 100 valence electrons. The van der Waals surface area contributed by atoms with Gasteiger partial charge < -0.3 is 5.11 Å². The van der Waals surface area contributed by atoms with E-state index in [4.69, 9.17) is 5.11 Å². The summed E-state index contributed by atoms with van der Waals surface area (Å²) < 4.78 is 24.0. The summed E-state index contributed by atoms with van der Waals surface area (Å²) in [6.45, 7) is 3.26. The van der Waals surface area contributed by atoms with Gasteiger partial charge in [-0.1, -0.05) is 6.07 Å². The van der Waals surface area contributed by atoms with Crippen LogP contribution >= 0.6 is 0 Å². The molecule has 0 fully saturated rings. The fraction of sp³-hybridized carbons (Fsp3) is 0.364. The Labute approximate surface area is 106 Å². The van der Waals surface area contributed by atoms with E-state index in [-0.39, 0.29) is 10.5 Å². The minimum Gasteiger partial charge on any atom is -0.478 e. The summed E-state index contributed by atoms with van der Waals surface area (Å²) in [5.41, 5.74) is 1.02. The maximum atomic E-state index is 12.0. The van der Waals surface area contributed by atoms with Crippen molar-refractivity contribution in [1.82, 2.24) is 9.84 Å². The first-order chi connectivity index (χ1) is 8.15. The average molecular weight is 272 g/mol. The molecule has 1 aromatic rings. The van der Waals surface area contributed by atoms with Crippen LogP contribution in [0.15, 0.2) is 17.0 Å². The van der Waals surface area contributed by atoms with Crippen LogP contribution in [-0.2, 0) is 10.0 Å². The minimum absolute atomic E-state index is 0.0141. The monoisotopic (exact) mass is 272 g/mol. The molecule has 0 saturated heterocycles. The first-order valence-electron chi connectivity index (χ1n) is 5.19. The molecular weight excluding hydrogens is 256 g/mol. The zero-order valence-corrected chi connectivity index (χ0v) is 11.5. The summed E-state index contributed by atoms with van der Waals surface area (Å²) in [5, 5.41) is 10.3. The quantitative estimate of drug-likeness (QED) is 0.790. The highest BCUT2D eigenvalue weighted by Crippen LogP contribution is 2.20. The maximum absolute atomic E-state index is 12.0. The molecule has 1 aromatic carbocycles. The molecule has 0 heterocycles. The molecule has 0 unspecified atom stereocenters. The van der Waals surface area contributed by atoms with Gasteiger partial charge in [-0.2, -0.15) is 0 Å². The largest absolute Gasteiger partial charge is 0.478 e. The van der Waals surface area contributed by atoms with Gasteiger partial charge in [-0.3, -0.25) is 0 Å². The molecule has 0 spiro atoms. The second kappa shape index (κ2) is 5.05. The fourth-order valence-electron chi connectivity index (χ4n) is 1.64. The van der Waals surface area contributed by atoms with Crippen molar-refractivity contribution < 1.29 is 18.3 Å². The molecule has 0 saturated carbocycles. The number of hydrazine groups is 1. The van der Waals surface area contributed by atoms with Crippen LogP contribution in [0.2, 0.25) is 0 Å². The van der Waals surface area contributed by atoms with Crippen LogP contribution in [0.4, 0.5) is 0 Å². The van der Waals surface area contributed by atoms with Gasteiger partial charge in [0, 0.05) is 14.1 Å². The van der Waals surface area contributed by atoms with Crippen molar-refractivity contribution in [2.45, 2.75) is 18.7 Å². The topological polar surface area (TPSA) is 86.7 Å². The third kappa shape index (κ3) is 3.06. The average Bonchev–Trinajstić information content (AvgIpc) is 2.13. The van der Waals surface area contributed by atoms with Crippen LogP contribution in [0.1, 0.15) is 21.5 Å². The van der Waals surface area contributed by atoms with Crippen molar-refractivity contribution in [3.05, 3.63) is 28.8 Å². The highest BCUT2D eigenvalue weighted by molar-refractivity contribution is 7.89. The second-order valence-electron chi connectivity index (χ2n) is 4.23. The first-order valence-corrected chi connectivity index (χ1v) is 6.68. The Morgan fingerprint density at radius 1 is 1.22 bits per heavy atom. The van der Waals surface area contributed by atoms with Crippen LogP contribution < -0.4 is 4.83 Å². The van der Waals surface area contributed by atoms with E-state index >= 15 is 0 Å². The Kier molecular flexibility index (Phi) is 4.10. The Bertz CT molecular complexity index is 579. The predicted octanol–water partition coefficient (Wildman–Crippen LogP) is 0.757. The maximum Gasteiger partial charge on any atom is 0.335 e. The number of aryl methyl sites for hydroxylation is 2. The van der Waals surface area contributed by atoms with Crippen LogP contribution in [0.25, 0.3) is 0 Å². The van der Waals surface area contributed by atoms with E-state index in [1.807, 2.05) is 0 Å². The lowest BCUT2D eigenvalue weighted by Crippen LogP contribution is -2.36. The van der Waals surface area contributed by atoms with Crippen LogP contribution in [0.5, 0.6) is 0 Å². The Hall–Kier alpha value is -1.44. The van der Waals surface area contributed by atoms with E-state index in [0.717, 1.165) is 0 Å². The molecule has 6 nitrogen and oxygen atoms in total. The molecule has 0 radical (unpaired) electrons. The van der Waals surface area contributed by atoms with Crippen LogP contribution in [0, 0.1) is 13.8 Å². The normalized spacial score (nSPS) is 11.8. The molecule has 0 amide bonds. The number of benzene rings is 1. The molecule has 0 aliphatic carbocycles. The molecule has 18 heavy (non-hydrogen) atoms. The van der Waals surface area contributed by atoms with Crippen molar-refractivity contribution in [2.75, 3.05) is 14.1 Å². The van der Waals surface area contributed by atoms with E-state index in [1.165, 1.54) is 11.1 Å². The molecule has 0 aliphatic rings. The van der Waals surface area contributed by atoms with E-state index in [9.17, 15) is 13.2 Å². The first kappa shape index (κ1) is 14.6. The van der Waals surface area contributed by atoms with Gasteiger partial charge in [0.05, 0.1) is 10.5 Å². The Morgan fingerprint density at radius 2 is 1.78 bits per heavy atom. The number of carboxylic acids is 1. The highest BCUT2D eigenvalue weighted by atomic mass is 32.2. The van der Waals surface area contributed by atoms with Crippen molar-refractivity contribution in [1.29, 1.82) is 0 Å². The third-order valence-electron chi connectivity index (χ3n) is 2.34. The SMILES string of the molecule is Cc1cc(C)c(S(=O)(=O)NN(C)C)cc1C(=O)O. The molecule has 2 N–H and O–H groups in total. The van der Waals surface area contributed by atoms with Gasteiger partial charge in [-0.15, -0.1) is 4.83 Å². The number of carbonyl (C=O) groups is 1. The summed E-state index contributed by atoms with van der Waals surface area (Å²) in [6.07, 6.45) is 0. The summed E-state index contributed by atoms with van der Waals surface area (Å²) >= 11 is 0. The zero-order valence-electron chi connectivity index (χ0n) is 10.7. The van der Waals surface area contributed by atoms with Crippen molar-refractivity contribution >= 4 is 16.0 Å². The number of sulfonamides is 1. The Morgan fingerprint density at radius 3 is 2.22 bits per heavy atom. The molecule has 7 heteroatoms. The zero-order chi connectivity index (χ0) is 14.1. The minimum atomic E-state index is -3.75. The van der Waals surface area contributed by atoms with Gasteiger partial charge in [-0.25, -0.2) is 18.2 Å². The van der Waals surface area contributed by atoms with Crippen molar-refractivity contribution in [2.24, 2.45) is 0 Å². The lowest BCUT2D eigenvalue weighted by atomic mass is 10.1. The Balaban J connectivity index is 3.42. The van der Waals surface area contributed by atoms with Gasteiger partial charge in [0.25, 0.3) is 10.0 Å². The third-order valence-corrected chi connectivity index (χ3v) is 3.97. The van der Waals surface area contributed by atoms with E-state index in [2.05, 4.69) is 4.83 Å². The molecule has 1 rings (SSSR count). The molecule has 0 bridgehead atoms. The summed E-state index contributed by atoms with van der Waals surface area (Å²) in [7, 11) is -0.669. The highest BCUT2D eigenvalue weighted by Gasteiger charge is 2.21.